The van der Waals surface area contributed by atoms with Crippen LogP contribution in [-0.4, -0.2) is 13.2 Å². The van der Waals surface area contributed by atoms with Crippen LogP contribution in [0.4, 0.5) is 0 Å². The lowest BCUT2D eigenvalue weighted by Crippen LogP contribution is -2.30. The Balaban J connectivity index is 1.91. The van der Waals surface area contributed by atoms with Gasteiger partial charge in [-0.05, 0) is 37.3 Å². The summed E-state index contributed by atoms with van der Waals surface area (Å²) >= 11 is 0. The molecule has 1 unspecified atom stereocenters. The maximum Gasteiger partial charge on any atom is 0.0885 e. The van der Waals surface area contributed by atoms with Gasteiger partial charge >= 0.3 is 0 Å². The first-order valence-electron chi connectivity index (χ1n) is 7.92. The van der Waals surface area contributed by atoms with Gasteiger partial charge in [0.1, 0.15) is 0 Å². The highest BCUT2D eigenvalue weighted by Gasteiger charge is 2.24. The second kappa shape index (κ2) is 8.80. The van der Waals surface area contributed by atoms with E-state index >= 15 is 0 Å². The van der Waals surface area contributed by atoms with Crippen molar-refractivity contribution in [2.45, 2.75) is 44.6 Å². The molecule has 1 saturated carbocycles. The molecule has 1 aromatic carbocycles. The number of ether oxygens (including phenoxy) is 1. The largest absolute Gasteiger partial charge is 0.502 e. The molecule has 2 heteroatoms. The number of hydrogen-bond acceptors (Lipinski definition) is 2. The van der Waals surface area contributed by atoms with Gasteiger partial charge in [0, 0.05) is 6.04 Å². The van der Waals surface area contributed by atoms with Crippen LogP contribution in [0.1, 0.15) is 50.1 Å². The molecule has 110 valence electrons. The second-order valence-electron chi connectivity index (χ2n) is 5.63. The summed E-state index contributed by atoms with van der Waals surface area (Å²) in [5.74, 6) is 0.784. The molecular weight excluding hydrogens is 246 g/mol. The van der Waals surface area contributed by atoms with Crippen molar-refractivity contribution in [3.8, 4) is 0 Å². The van der Waals surface area contributed by atoms with E-state index in [4.69, 9.17) is 4.74 Å². The van der Waals surface area contributed by atoms with E-state index in [1.165, 1.54) is 43.9 Å². The van der Waals surface area contributed by atoms with Gasteiger partial charge in [0.2, 0.25) is 0 Å². The van der Waals surface area contributed by atoms with Crippen LogP contribution >= 0.6 is 0 Å². The molecule has 1 aliphatic rings. The molecule has 1 N–H and O–H groups in total. The second-order valence-corrected chi connectivity index (χ2v) is 5.63. The molecule has 20 heavy (non-hydrogen) atoms. The zero-order chi connectivity index (χ0) is 14.0. The Morgan fingerprint density at radius 3 is 2.65 bits per heavy atom. The van der Waals surface area contributed by atoms with Gasteiger partial charge in [-0.15, -0.1) is 0 Å². The van der Waals surface area contributed by atoms with E-state index in [0.717, 1.165) is 25.5 Å². The van der Waals surface area contributed by atoms with Crippen molar-refractivity contribution in [1.29, 1.82) is 0 Å². The molecule has 0 spiro atoms. The third-order valence-electron chi connectivity index (χ3n) is 4.20. The average molecular weight is 273 g/mol. The van der Waals surface area contributed by atoms with E-state index in [1.54, 1.807) is 0 Å². The Bertz CT molecular complexity index is 370. The molecule has 0 aliphatic heterocycles. The minimum atomic E-state index is 0.500. The Kier molecular flexibility index (Phi) is 6.65. The quantitative estimate of drug-likeness (QED) is 0.558. The SMILES string of the molecule is C=COCCCNC(c1ccccc1)C1CCCCC1. The van der Waals surface area contributed by atoms with E-state index in [2.05, 4.69) is 42.2 Å². The highest BCUT2D eigenvalue weighted by atomic mass is 16.5. The van der Waals surface area contributed by atoms with Crippen LogP contribution in [0.25, 0.3) is 0 Å². The molecule has 0 bridgehead atoms. The lowest BCUT2D eigenvalue weighted by molar-refractivity contribution is 0.231. The molecule has 2 rings (SSSR count). The first-order valence-corrected chi connectivity index (χ1v) is 7.92. The molecule has 0 heterocycles. The number of benzene rings is 1. The van der Waals surface area contributed by atoms with Gasteiger partial charge < -0.3 is 10.1 Å². The van der Waals surface area contributed by atoms with Crippen LogP contribution in [0, 0.1) is 5.92 Å². The van der Waals surface area contributed by atoms with Crippen LogP contribution in [0.5, 0.6) is 0 Å². The molecule has 0 amide bonds. The summed E-state index contributed by atoms with van der Waals surface area (Å²) in [5, 5.41) is 3.75. The standard InChI is InChI=1S/C18H27NO/c1-2-20-15-9-14-19-18(16-10-5-3-6-11-16)17-12-7-4-8-13-17/h2-3,5-6,10-11,17-19H,1,4,7-9,12-15H2. The summed E-state index contributed by atoms with van der Waals surface area (Å²) in [5.41, 5.74) is 1.43. The lowest BCUT2D eigenvalue weighted by Gasteiger charge is -2.31. The number of rotatable bonds is 8. The van der Waals surface area contributed by atoms with Gasteiger partial charge in [0.25, 0.3) is 0 Å². The Labute approximate surface area is 123 Å². The van der Waals surface area contributed by atoms with Crippen molar-refractivity contribution < 1.29 is 4.74 Å². The Hall–Kier alpha value is -1.28. The average Bonchev–Trinajstić information content (AvgIpc) is 2.53. The molecule has 1 atom stereocenters. The van der Waals surface area contributed by atoms with Crippen molar-refractivity contribution in [2.24, 2.45) is 5.92 Å². The van der Waals surface area contributed by atoms with Crippen molar-refractivity contribution in [3.05, 3.63) is 48.7 Å². The van der Waals surface area contributed by atoms with E-state index in [-0.39, 0.29) is 0 Å². The monoisotopic (exact) mass is 273 g/mol. The third kappa shape index (κ3) is 4.68. The van der Waals surface area contributed by atoms with E-state index < -0.39 is 0 Å². The van der Waals surface area contributed by atoms with Gasteiger partial charge in [0.05, 0.1) is 12.9 Å². The molecule has 0 aromatic heterocycles. The summed E-state index contributed by atoms with van der Waals surface area (Å²) in [4.78, 5) is 0. The zero-order valence-corrected chi connectivity index (χ0v) is 12.4. The summed E-state index contributed by atoms with van der Waals surface area (Å²) < 4.78 is 5.19. The maximum atomic E-state index is 5.19. The van der Waals surface area contributed by atoms with Gasteiger partial charge in [-0.1, -0.05) is 56.2 Å². The van der Waals surface area contributed by atoms with Crippen molar-refractivity contribution in [1.82, 2.24) is 5.32 Å². The normalized spacial score (nSPS) is 17.6. The summed E-state index contributed by atoms with van der Waals surface area (Å²) in [6.07, 6.45) is 9.44. The highest BCUT2D eigenvalue weighted by Crippen LogP contribution is 2.34. The fraction of sp³-hybridized carbons (Fsp3) is 0.556. The fourth-order valence-electron chi connectivity index (χ4n) is 3.18. The van der Waals surface area contributed by atoms with Crippen molar-refractivity contribution in [3.63, 3.8) is 0 Å². The highest BCUT2D eigenvalue weighted by molar-refractivity contribution is 5.19. The van der Waals surface area contributed by atoms with Crippen LogP contribution in [0.15, 0.2) is 43.2 Å². The molecular formula is C18H27NO. The predicted octanol–water partition coefficient (Wildman–Crippen LogP) is 4.45. The molecule has 1 aromatic rings. The van der Waals surface area contributed by atoms with Crippen LogP contribution < -0.4 is 5.32 Å². The minimum Gasteiger partial charge on any atom is -0.502 e. The Morgan fingerprint density at radius 2 is 1.95 bits per heavy atom. The zero-order valence-electron chi connectivity index (χ0n) is 12.4. The van der Waals surface area contributed by atoms with E-state index in [1.807, 2.05) is 0 Å². The third-order valence-corrected chi connectivity index (χ3v) is 4.20. The Morgan fingerprint density at radius 1 is 1.20 bits per heavy atom. The van der Waals surface area contributed by atoms with E-state index in [9.17, 15) is 0 Å². The first-order chi connectivity index (χ1) is 9.92. The maximum absolute atomic E-state index is 5.19. The van der Waals surface area contributed by atoms with E-state index in [0.29, 0.717) is 6.04 Å². The van der Waals surface area contributed by atoms with Gasteiger partial charge in [-0.2, -0.15) is 0 Å². The molecule has 0 radical (unpaired) electrons. The molecule has 1 fully saturated rings. The number of hydrogen-bond donors (Lipinski definition) is 1. The van der Waals surface area contributed by atoms with Gasteiger partial charge in [-0.25, -0.2) is 0 Å². The number of nitrogens with one attached hydrogen (secondary N) is 1. The van der Waals surface area contributed by atoms with Crippen LogP contribution in [0.2, 0.25) is 0 Å². The molecule has 2 nitrogen and oxygen atoms in total. The summed E-state index contributed by atoms with van der Waals surface area (Å²) in [7, 11) is 0. The smallest absolute Gasteiger partial charge is 0.0885 e. The molecule has 1 aliphatic carbocycles. The predicted molar refractivity (Wildman–Crippen MR) is 84.5 cm³/mol. The topological polar surface area (TPSA) is 21.3 Å². The van der Waals surface area contributed by atoms with Crippen molar-refractivity contribution in [2.75, 3.05) is 13.2 Å². The van der Waals surface area contributed by atoms with Gasteiger partial charge in [-0.3, -0.25) is 0 Å². The lowest BCUT2D eigenvalue weighted by atomic mass is 9.81. The first kappa shape index (κ1) is 15.1. The molecule has 0 saturated heterocycles. The summed E-state index contributed by atoms with van der Waals surface area (Å²) in [6, 6.07) is 11.4. The minimum absolute atomic E-state index is 0.500. The van der Waals surface area contributed by atoms with Crippen LogP contribution in [-0.2, 0) is 4.74 Å². The summed E-state index contributed by atoms with van der Waals surface area (Å²) in [6.45, 7) is 5.33. The van der Waals surface area contributed by atoms with Gasteiger partial charge in [0.15, 0.2) is 0 Å². The van der Waals surface area contributed by atoms with Crippen LogP contribution in [0.3, 0.4) is 0 Å². The van der Waals surface area contributed by atoms with Crippen molar-refractivity contribution >= 4 is 0 Å². The fourth-order valence-corrected chi connectivity index (χ4v) is 3.18.